The molecule has 0 N–H and O–H groups in total. The molecular formula is C10H13NO3. The standard InChI is InChI=1S/C10H13NO3/c1-11(13-2)10(12)8-6-7(8)9-4-3-5-14-9/h3-5,7-8H,6H2,1-2H3/t7-,8-/m1/s1. The first-order valence-corrected chi connectivity index (χ1v) is 4.59. The minimum absolute atomic E-state index is 0.0221. The van der Waals surface area contributed by atoms with Gasteiger partial charge in [-0.25, -0.2) is 5.06 Å². The molecule has 0 unspecified atom stereocenters. The number of furan rings is 1. The summed E-state index contributed by atoms with van der Waals surface area (Å²) < 4.78 is 5.24. The Morgan fingerprint density at radius 2 is 2.50 bits per heavy atom. The normalized spacial score (nSPS) is 24.7. The highest BCUT2D eigenvalue weighted by molar-refractivity contribution is 5.81. The topological polar surface area (TPSA) is 42.7 Å². The number of rotatable bonds is 3. The number of hydroxylamine groups is 2. The Bertz CT molecular complexity index is 320. The second kappa shape index (κ2) is 3.46. The van der Waals surface area contributed by atoms with Gasteiger partial charge in [0.2, 0.25) is 5.91 Å². The Morgan fingerprint density at radius 3 is 3.07 bits per heavy atom. The van der Waals surface area contributed by atoms with Gasteiger partial charge in [-0.15, -0.1) is 0 Å². The summed E-state index contributed by atoms with van der Waals surface area (Å²) in [4.78, 5) is 16.4. The van der Waals surface area contributed by atoms with Crippen LogP contribution in [0.4, 0.5) is 0 Å². The van der Waals surface area contributed by atoms with Crippen LogP contribution in [0.3, 0.4) is 0 Å². The molecule has 1 saturated carbocycles. The maximum Gasteiger partial charge on any atom is 0.249 e. The first-order valence-electron chi connectivity index (χ1n) is 4.59. The summed E-state index contributed by atoms with van der Waals surface area (Å²) in [5.74, 6) is 1.20. The zero-order chi connectivity index (χ0) is 10.1. The lowest BCUT2D eigenvalue weighted by molar-refractivity contribution is -0.170. The van der Waals surface area contributed by atoms with E-state index in [0.29, 0.717) is 0 Å². The van der Waals surface area contributed by atoms with Gasteiger partial charge in [-0.1, -0.05) is 0 Å². The van der Waals surface area contributed by atoms with Gasteiger partial charge < -0.3 is 4.42 Å². The summed E-state index contributed by atoms with van der Waals surface area (Å²) >= 11 is 0. The molecule has 0 radical (unpaired) electrons. The molecule has 2 rings (SSSR count). The summed E-state index contributed by atoms with van der Waals surface area (Å²) in [7, 11) is 3.11. The van der Waals surface area contributed by atoms with Crippen molar-refractivity contribution in [3.8, 4) is 0 Å². The minimum atomic E-state index is 0.0221. The monoisotopic (exact) mass is 195 g/mol. The van der Waals surface area contributed by atoms with E-state index in [2.05, 4.69) is 0 Å². The summed E-state index contributed by atoms with van der Waals surface area (Å²) in [5.41, 5.74) is 0. The molecule has 1 fully saturated rings. The van der Waals surface area contributed by atoms with E-state index < -0.39 is 0 Å². The number of hydrogen-bond donors (Lipinski definition) is 0. The molecule has 14 heavy (non-hydrogen) atoms. The van der Waals surface area contributed by atoms with E-state index >= 15 is 0 Å². The van der Waals surface area contributed by atoms with Crippen LogP contribution in [0.1, 0.15) is 18.1 Å². The molecule has 1 amide bonds. The van der Waals surface area contributed by atoms with Crippen molar-refractivity contribution in [2.45, 2.75) is 12.3 Å². The van der Waals surface area contributed by atoms with E-state index in [1.165, 1.54) is 12.2 Å². The minimum Gasteiger partial charge on any atom is -0.469 e. The van der Waals surface area contributed by atoms with Crippen molar-refractivity contribution < 1.29 is 14.0 Å². The van der Waals surface area contributed by atoms with Crippen LogP contribution in [0.2, 0.25) is 0 Å². The molecular weight excluding hydrogens is 182 g/mol. The molecule has 0 aliphatic heterocycles. The van der Waals surface area contributed by atoms with Crippen LogP contribution in [-0.4, -0.2) is 25.1 Å². The first kappa shape index (κ1) is 9.27. The van der Waals surface area contributed by atoms with Crippen molar-refractivity contribution in [3.63, 3.8) is 0 Å². The molecule has 0 aromatic carbocycles. The first-order chi connectivity index (χ1) is 6.74. The summed E-state index contributed by atoms with van der Waals surface area (Å²) in [6.45, 7) is 0. The molecule has 2 atom stereocenters. The van der Waals surface area contributed by atoms with Gasteiger partial charge >= 0.3 is 0 Å². The largest absolute Gasteiger partial charge is 0.469 e. The van der Waals surface area contributed by atoms with Gasteiger partial charge in [0.1, 0.15) is 5.76 Å². The summed E-state index contributed by atoms with van der Waals surface area (Å²) in [5, 5.41) is 1.27. The Morgan fingerprint density at radius 1 is 1.71 bits per heavy atom. The number of nitrogens with zero attached hydrogens (tertiary/aromatic N) is 1. The molecule has 4 nitrogen and oxygen atoms in total. The quantitative estimate of drug-likeness (QED) is 0.685. The van der Waals surface area contributed by atoms with Crippen molar-refractivity contribution in [2.75, 3.05) is 14.2 Å². The number of amides is 1. The second-order valence-corrected chi connectivity index (χ2v) is 3.48. The number of hydrogen-bond acceptors (Lipinski definition) is 3. The van der Waals surface area contributed by atoms with E-state index in [1.54, 1.807) is 13.3 Å². The van der Waals surface area contributed by atoms with Gasteiger partial charge in [-0.05, 0) is 18.6 Å². The van der Waals surface area contributed by atoms with Crippen molar-refractivity contribution in [1.82, 2.24) is 5.06 Å². The van der Waals surface area contributed by atoms with Crippen LogP contribution < -0.4 is 0 Å². The van der Waals surface area contributed by atoms with E-state index in [1.807, 2.05) is 12.1 Å². The van der Waals surface area contributed by atoms with Crippen LogP contribution in [0.5, 0.6) is 0 Å². The Kier molecular flexibility index (Phi) is 2.29. The molecule has 4 heteroatoms. The van der Waals surface area contributed by atoms with Crippen LogP contribution in [-0.2, 0) is 9.63 Å². The molecule has 0 bridgehead atoms. The highest BCUT2D eigenvalue weighted by atomic mass is 16.7. The smallest absolute Gasteiger partial charge is 0.249 e. The lowest BCUT2D eigenvalue weighted by Crippen LogP contribution is -2.27. The van der Waals surface area contributed by atoms with E-state index in [9.17, 15) is 4.79 Å². The van der Waals surface area contributed by atoms with Crippen LogP contribution in [0, 0.1) is 5.92 Å². The average Bonchev–Trinajstić information content (AvgIpc) is 2.82. The maximum atomic E-state index is 11.6. The molecule has 1 aliphatic rings. The lowest BCUT2D eigenvalue weighted by Gasteiger charge is -2.12. The zero-order valence-corrected chi connectivity index (χ0v) is 8.27. The summed E-state index contributed by atoms with van der Waals surface area (Å²) in [6.07, 6.45) is 2.50. The number of carbonyl (C=O) groups is 1. The van der Waals surface area contributed by atoms with Gasteiger partial charge in [0.15, 0.2) is 0 Å². The molecule has 1 aromatic rings. The molecule has 0 saturated heterocycles. The van der Waals surface area contributed by atoms with E-state index in [-0.39, 0.29) is 17.7 Å². The van der Waals surface area contributed by atoms with Crippen LogP contribution >= 0.6 is 0 Å². The lowest BCUT2D eigenvalue weighted by atomic mass is 10.2. The van der Waals surface area contributed by atoms with Gasteiger partial charge in [0, 0.05) is 13.0 Å². The molecule has 1 aliphatic carbocycles. The third-order valence-corrected chi connectivity index (χ3v) is 2.60. The van der Waals surface area contributed by atoms with Gasteiger partial charge in [-0.2, -0.15) is 0 Å². The molecule has 1 aromatic heterocycles. The van der Waals surface area contributed by atoms with Crippen molar-refractivity contribution >= 4 is 5.91 Å². The average molecular weight is 195 g/mol. The SMILES string of the molecule is CON(C)C(=O)[C@@H]1C[C@H]1c1ccco1. The highest BCUT2D eigenvalue weighted by Crippen LogP contribution is 2.48. The van der Waals surface area contributed by atoms with Gasteiger partial charge in [-0.3, -0.25) is 9.63 Å². The summed E-state index contributed by atoms with van der Waals surface area (Å²) in [6, 6.07) is 3.75. The predicted molar refractivity (Wildman–Crippen MR) is 49.3 cm³/mol. The highest BCUT2D eigenvalue weighted by Gasteiger charge is 2.47. The molecule has 0 spiro atoms. The molecule has 76 valence electrons. The number of carbonyl (C=O) groups excluding carboxylic acids is 1. The van der Waals surface area contributed by atoms with Gasteiger partial charge in [0.05, 0.1) is 19.3 Å². The third kappa shape index (κ3) is 1.53. The second-order valence-electron chi connectivity index (χ2n) is 3.48. The Balaban J connectivity index is 1.96. The van der Waals surface area contributed by atoms with Crippen LogP contribution in [0.15, 0.2) is 22.8 Å². The van der Waals surface area contributed by atoms with Crippen molar-refractivity contribution in [2.24, 2.45) is 5.92 Å². The van der Waals surface area contributed by atoms with Crippen molar-refractivity contribution in [3.05, 3.63) is 24.2 Å². The Labute approximate surface area is 82.4 Å². The van der Waals surface area contributed by atoms with Crippen LogP contribution in [0.25, 0.3) is 0 Å². The molecule has 1 heterocycles. The fraction of sp³-hybridized carbons (Fsp3) is 0.500. The zero-order valence-electron chi connectivity index (χ0n) is 8.27. The van der Waals surface area contributed by atoms with E-state index in [4.69, 9.17) is 9.25 Å². The maximum absolute atomic E-state index is 11.6. The van der Waals surface area contributed by atoms with E-state index in [0.717, 1.165) is 12.2 Å². The third-order valence-electron chi connectivity index (χ3n) is 2.60. The van der Waals surface area contributed by atoms with Gasteiger partial charge in [0.25, 0.3) is 0 Å². The Hall–Kier alpha value is -1.29. The predicted octanol–water partition coefficient (Wildman–Crippen LogP) is 1.40. The fourth-order valence-corrected chi connectivity index (χ4v) is 1.61. The fourth-order valence-electron chi connectivity index (χ4n) is 1.61. The van der Waals surface area contributed by atoms with Crippen molar-refractivity contribution in [1.29, 1.82) is 0 Å².